The molecular weight excluding hydrogens is 474 g/mol. The van der Waals surface area contributed by atoms with Crippen LogP contribution in [0.5, 0.6) is 0 Å². The third kappa shape index (κ3) is 3.92. The summed E-state index contributed by atoms with van der Waals surface area (Å²) in [5.41, 5.74) is 0.594. The smallest absolute Gasteiger partial charge is 0.271 e. The Labute approximate surface area is 147 Å². The first-order chi connectivity index (χ1) is 9.88. The minimum absolute atomic E-state index is 0.103. The number of anilines is 1. The van der Waals surface area contributed by atoms with Crippen molar-refractivity contribution in [2.45, 2.75) is 0 Å². The van der Waals surface area contributed by atoms with Gasteiger partial charge in [0.25, 0.3) is 11.6 Å². The lowest BCUT2D eigenvalue weighted by molar-refractivity contribution is -0.384. The van der Waals surface area contributed by atoms with Crippen LogP contribution in [0.1, 0.15) is 10.4 Å². The van der Waals surface area contributed by atoms with Gasteiger partial charge in [0.2, 0.25) is 0 Å². The fourth-order valence-corrected chi connectivity index (χ4v) is 2.42. The Bertz CT molecular complexity index is 739. The van der Waals surface area contributed by atoms with Crippen LogP contribution in [-0.4, -0.2) is 10.8 Å². The minimum atomic E-state index is -0.524. The van der Waals surface area contributed by atoms with Gasteiger partial charge in [-0.2, -0.15) is 0 Å². The molecule has 0 spiro atoms. The second kappa shape index (κ2) is 6.71. The van der Waals surface area contributed by atoms with E-state index in [0.717, 1.165) is 3.57 Å². The highest BCUT2D eigenvalue weighted by molar-refractivity contribution is 14.1. The van der Waals surface area contributed by atoms with Crippen LogP contribution >= 0.6 is 50.1 Å². The summed E-state index contributed by atoms with van der Waals surface area (Å²) in [6.45, 7) is 0. The molecule has 1 N–H and O–H groups in total. The second-order valence-electron chi connectivity index (χ2n) is 4.00. The maximum atomic E-state index is 12.1. The van der Waals surface area contributed by atoms with Crippen LogP contribution in [0.2, 0.25) is 5.02 Å². The Morgan fingerprint density at radius 1 is 1.29 bits per heavy atom. The van der Waals surface area contributed by atoms with Crippen LogP contribution in [-0.2, 0) is 0 Å². The zero-order chi connectivity index (χ0) is 15.6. The Morgan fingerprint density at radius 3 is 2.62 bits per heavy atom. The predicted octanol–water partition coefficient (Wildman–Crippen LogP) is 4.87. The van der Waals surface area contributed by atoms with Crippen molar-refractivity contribution in [2.75, 3.05) is 5.32 Å². The van der Waals surface area contributed by atoms with E-state index in [1.165, 1.54) is 18.2 Å². The van der Waals surface area contributed by atoms with Gasteiger partial charge in [-0.25, -0.2) is 0 Å². The van der Waals surface area contributed by atoms with Crippen molar-refractivity contribution < 1.29 is 9.72 Å². The quantitative estimate of drug-likeness (QED) is 0.386. The number of nitrogens with zero attached hydrogens (tertiary/aromatic N) is 1. The van der Waals surface area contributed by atoms with Gasteiger partial charge in [0.15, 0.2) is 0 Å². The standard InChI is InChI=1S/C13H7BrClIN2O3/c14-9-3-2-8(18(20)21)6-12(9)17-13(19)7-1-4-11(16)10(15)5-7/h1-6H,(H,17,19). The van der Waals surface area contributed by atoms with Gasteiger partial charge in [0.1, 0.15) is 0 Å². The molecule has 0 unspecified atom stereocenters. The molecule has 0 heterocycles. The monoisotopic (exact) mass is 480 g/mol. The van der Waals surface area contributed by atoms with E-state index in [4.69, 9.17) is 11.6 Å². The second-order valence-corrected chi connectivity index (χ2v) is 6.43. The normalized spacial score (nSPS) is 10.2. The number of benzene rings is 2. The lowest BCUT2D eigenvalue weighted by Crippen LogP contribution is -2.12. The van der Waals surface area contributed by atoms with E-state index in [-0.39, 0.29) is 5.69 Å². The first kappa shape index (κ1) is 16.2. The number of nitrogens with one attached hydrogen (secondary N) is 1. The molecule has 5 nitrogen and oxygen atoms in total. The fourth-order valence-electron chi connectivity index (χ4n) is 1.55. The predicted molar refractivity (Wildman–Crippen MR) is 92.9 cm³/mol. The molecular formula is C13H7BrClIN2O3. The largest absolute Gasteiger partial charge is 0.321 e. The maximum absolute atomic E-state index is 12.1. The van der Waals surface area contributed by atoms with Crippen molar-refractivity contribution in [1.82, 2.24) is 0 Å². The molecule has 8 heteroatoms. The molecule has 0 radical (unpaired) electrons. The number of carbonyl (C=O) groups excluding carboxylic acids is 1. The SMILES string of the molecule is O=C(Nc1cc([N+](=O)[O-])ccc1Br)c1ccc(I)c(Cl)c1. The molecule has 0 aliphatic heterocycles. The third-order valence-corrected chi connectivity index (χ3v) is 4.85. The Balaban J connectivity index is 2.28. The number of halogens is 3. The van der Waals surface area contributed by atoms with Crippen molar-refractivity contribution >= 4 is 67.4 Å². The number of carbonyl (C=O) groups is 1. The first-order valence-corrected chi connectivity index (χ1v) is 7.84. The Kier molecular flexibility index (Phi) is 5.17. The number of rotatable bonds is 3. The molecule has 0 fully saturated rings. The maximum Gasteiger partial charge on any atom is 0.271 e. The number of amides is 1. The molecule has 0 aliphatic carbocycles. The number of nitro benzene ring substituents is 1. The van der Waals surface area contributed by atoms with Crippen molar-refractivity contribution in [1.29, 1.82) is 0 Å². The van der Waals surface area contributed by atoms with Crippen molar-refractivity contribution in [3.05, 3.63) is 65.1 Å². The van der Waals surface area contributed by atoms with Crippen LogP contribution in [0.4, 0.5) is 11.4 Å². The van der Waals surface area contributed by atoms with E-state index in [9.17, 15) is 14.9 Å². The summed E-state index contributed by atoms with van der Waals surface area (Å²) in [6, 6.07) is 9.05. The van der Waals surface area contributed by atoms with Gasteiger partial charge >= 0.3 is 0 Å². The minimum Gasteiger partial charge on any atom is -0.321 e. The first-order valence-electron chi connectivity index (χ1n) is 5.59. The van der Waals surface area contributed by atoms with Gasteiger partial charge in [0.05, 0.1) is 15.6 Å². The van der Waals surface area contributed by atoms with Crippen LogP contribution < -0.4 is 5.32 Å². The lowest BCUT2D eigenvalue weighted by atomic mass is 10.2. The summed E-state index contributed by atoms with van der Waals surface area (Å²) in [6.07, 6.45) is 0. The molecule has 21 heavy (non-hydrogen) atoms. The van der Waals surface area contributed by atoms with E-state index in [0.29, 0.717) is 20.7 Å². The summed E-state index contributed by atoms with van der Waals surface area (Å²) in [5, 5.41) is 13.9. The number of hydrogen-bond donors (Lipinski definition) is 1. The molecule has 0 aromatic heterocycles. The fraction of sp³-hybridized carbons (Fsp3) is 0. The molecule has 0 saturated heterocycles. The summed E-state index contributed by atoms with van der Waals surface area (Å²) in [7, 11) is 0. The Hall–Kier alpha value is -1.19. The topological polar surface area (TPSA) is 72.2 Å². The van der Waals surface area contributed by atoms with Crippen molar-refractivity contribution in [2.24, 2.45) is 0 Å². The molecule has 0 saturated carbocycles. The van der Waals surface area contributed by atoms with Gasteiger partial charge in [0, 0.05) is 25.7 Å². The van der Waals surface area contributed by atoms with Crippen LogP contribution in [0, 0.1) is 13.7 Å². The summed E-state index contributed by atoms with van der Waals surface area (Å²) in [4.78, 5) is 22.4. The highest BCUT2D eigenvalue weighted by Gasteiger charge is 2.13. The van der Waals surface area contributed by atoms with Gasteiger partial charge in [-0.05, 0) is 62.8 Å². The molecule has 0 bridgehead atoms. The molecule has 2 rings (SSSR count). The Morgan fingerprint density at radius 2 is 2.00 bits per heavy atom. The molecule has 0 aliphatic rings. The average molecular weight is 481 g/mol. The van der Waals surface area contributed by atoms with E-state index < -0.39 is 10.8 Å². The van der Waals surface area contributed by atoms with Crippen molar-refractivity contribution in [3.63, 3.8) is 0 Å². The molecule has 2 aromatic carbocycles. The number of nitro groups is 1. The van der Waals surface area contributed by atoms with Crippen molar-refractivity contribution in [3.8, 4) is 0 Å². The molecule has 0 atom stereocenters. The van der Waals surface area contributed by atoms with E-state index in [2.05, 4.69) is 43.8 Å². The summed E-state index contributed by atoms with van der Waals surface area (Å²) < 4.78 is 1.39. The number of non-ortho nitro benzene ring substituents is 1. The van der Waals surface area contributed by atoms with Crippen LogP contribution in [0.3, 0.4) is 0 Å². The highest BCUT2D eigenvalue weighted by atomic mass is 127. The van der Waals surface area contributed by atoms with Gasteiger partial charge in [-0.1, -0.05) is 11.6 Å². The summed E-state index contributed by atoms with van der Waals surface area (Å²) in [5.74, 6) is -0.394. The third-order valence-electron chi connectivity index (χ3n) is 2.59. The lowest BCUT2D eigenvalue weighted by Gasteiger charge is -2.08. The van der Waals surface area contributed by atoms with Gasteiger partial charge in [-0.3, -0.25) is 14.9 Å². The van der Waals surface area contributed by atoms with Crippen LogP contribution in [0.15, 0.2) is 40.9 Å². The van der Waals surface area contributed by atoms with E-state index >= 15 is 0 Å². The number of hydrogen-bond acceptors (Lipinski definition) is 3. The van der Waals surface area contributed by atoms with Gasteiger partial charge in [-0.15, -0.1) is 0 Å². The van der Waals surface area contributed by atoms with E-state index in [1.807, 2.05) is 0 Å². The molecule has 108 valence electrons. The molecule has 2 aromatic rings. The van der Waals surface area contributed by atoms with Gasteiger partial charge < -0.3 is 5.32 Å². The zero-order valence-electron chi connectivity index (χ0n) is 10.3. The van der Waals surface area contributed by atoms with E-state index in [1.54, 1.807) is 18.2 Å². The summed E-state index contributed by atoms with van der Waals surface area (Å²) >= 11 is 11.3. The van der Waals surface area contributed by atoms with Crippen LogP contribution in [0.25, 0.3) is 0 Å². The average Bonchev–Trinajstić information content (AvgIpc) is 2.43. The molecule has 1 amide bonds. The zero-order valence-corrected chi connectivity index (χ0v) is 14.8. The highest BCUT2D eigenvalue weighted by Crippen LogP contribution is 2.28.